The Morgan fingerprint density at radius 1 is 1.53 bits per heavy atom. The standard InChI is InChI=1S/C14H16N2O2S/c1-2-7-19-12-6-4-3-5-11(12)16-14(18)10-8-13(17)15-9-10/h2-6,10H,1,7-9H2,(H,15,17)(H,16,18). The smallest absolute Gasteiger partial charge is 0.229 e. The summed E-state index contributed by atoms with van der Waals surface area (Å²) >= 11 is 1.62. The molecule has 0 aromatic heterocycles. The summed E-state index contributed by atoms with van der Waals surface area (Å²) in [5.74, 6) is 0.348. The number of hydrogen-bond acceptors (Lipinski definition) is 3. The van der Waals surface area contributed by atoms with E-state index in [-0.39, 0.29) is 24.2 Å². The molecule has 5 heteroatoms. The number of amides is 2. The molecule has 1 aromatic carbocycles. The zero-order chi connectivity index (χ0) is 13.7. The van der Waals surface area contributed by atoms with E-state index in [4.69, 9.17) is 0 Å². The highest BCUT2D eigenvalue weighted by Crippen LogP contribution is 2.27. The first-order valence-corrected chi connectivity index (χ1v) is 7.09. The van der Waals surface area contributed by atoms with Gasteiger partial charge >= 0.3 is 0 Å². The lowest BCUT2D eigenvalue weighted by atomic mass is 10.1. The third-order valence-electron chi connectivity index (χ3n) is 2.85. The maximum absolute atomic E-state index is 12.1. The molecule has 1 unspecified atom stereocenters. The molecule has 1 fully saturated rings. The summed E-state index contributed by atoms with van der Waals surface area (Å²) in [5, 5.41) is 5.56. The van der Waals surface area contributed by atoms with Crippen LogP contribution in [0.5, 0.6) is 0 Å². The largest absolute Gasteiger partial charge is 0.355 e. The summed E-state index contributed by atoms with van der Waals surface area (Å²) in [5.41, 5.74) is 0.790. The van der Waals surface area contributed by atoms with Crippen LogP contribution in [-0.2, 0) is 9.59 Å². The predicted molar refractivity (Wildman–Crippen MR) is 77.1 cm³/mol. The molecule has 1 aliphatic rings. The second kappa shape index (κ2) is 6.43. The molecule has 1 heterocycles. The number of anilines is 1. The van der Waals surface area contributed by atoms with E-state index in [0.717, 1.165) is 16.3 Å². The Balaban J connectivity index is 2.03. The first-order chi connectivity index (χ1) is 9.20. The number of thioether (sulfide) groups is 1. The van der Waals surface area contributed by atoms with Crippen LogP contribution in [0.15, 0.2) is 41.8 Å². The Bertz CT molecular complexity index is 502. The highest BCUT2D eigenvalue weighted by atomic mass is 32.2. The van der Waals surface area contributed by atoms with Gasteiger partial charge in [0.25, 0.3) is 0 Å². The second-order valence-electron chi connectivity index (χ2n) is 4.29. The molecular formula is C14H16N2O2S. The minimum absolute atomic E-state index is 0.0607. The summed E-state index contributed by atoms with van der Waals surface area (Å²) in [4.78, 5) is 24.2. The van der Waals surface area contributed by atoms with Crippen LogP contribution in [0.25, 0.3) is 0 Å². The van der Waals surface area contributed by atoms with Crippen molar-refractivity contribution in [1.82, 2.24) is 5.32 Å². The van der Waals surface area contributed by atoms with Gasteiger partial charge in [0.15, 0.2) is 0 Å². The summed E-state index contributed by atoms with van der Waals surface area (Å²) < 4.78 is 0. The molecule has 0 spiro atoms. The average molecular weight is 276 g/mol. The van der Waals surface area contributed by atoms with Crippen molar-refractivity contribution in [3.05, 3.63) is 36.9 Å². The molecule has 19 heavy (non-hydrogen) atoms. The van der Waals surface area contributed by atoms with Gasteiger partial charge < -0.3 is 10.6 Å². The van der Waals surface area contributed by atoms with Crippen molar-refractivity contribution in [2.75, 3.05) is 17.6 Å². The summed E-state index contributed by atoms with van der Waals surface area (Å²) in [6.07, 6.45) is 2.09. The fraction of sp³-hybridized carbons (Fsp3) is 0.286. The SMILES string of the molecule is C=CCSc1ccccc1NC(=O)C1CNC(=O)C1. The van der Waals surface area contributed by atoms with Gasteiger partial charge in [-0.3, -0.25) is 9.59 Å². The van der Waals surface area contributed by atoms with Gasteiger partial charge in [-0.15, -0.1) is 18.3 Å². The molecule has 1 saturated heterocycles. The van der Waals surface area contributed by atoms with Crippen molar-refractivity contribution in [1.29, 1.82) is 0 Å². The molecule has 100 valence electrons. The van der Waals surface area contributed by atoms with E-state index >= 15 is 0 Å². The fourth-order valence-electron chi connectivity index (χ4n) is 1.87. The molecule has 4 nitrogen and oxygen atoms in total. The number of rotatable bonds is 5. The van der Waals surface area contributed by atoms with Crippen LogP contribution in [-0.4, -0.2) is 24.1 Å². The lowest BCUT2D eigenvalue weighted by molar-refractivity contribution is -0.123. The quantitative estimate of drug-likeness (QED) is 0.639. The third-order valence-corrected chi connectivity index (χ3v) is 3.92. The van der Waals surface area contributed by atoms with Crippen molar-refractivity contribution in [3.63, 3.8) is 0 Å². The van der Waals surface area contributed by atoms with Crippen LogP contribution >= 0.6 is 11.8 Å². The molecule has 0 saturated carbocycles. The van der Waals surface area contributed by atoms with E-state index in [9.17, 15) is 9.59 Å². The zero-order valence-corrected chi connectivity index (χ0v) is 11.3. The maximum Gasteiger partial charge on any atom is 0.229 e. The molecule has 1 atom stereocenters. The minimum atomic E-state index is -0.273. The lowest BCUT2D eigenvalue weighted by Crippen LogP contribution is -2.24. The van der Waals surface area contributed by atoms with Crippen molar-refractivity contribution in [2.45, 2.75) is 11.3 Å². The third kappa shape index (κ3) is 3.61. The number of hydrogen-bond donors (Lipinski definition) is 2. The molecule has 2 amide bonds. The summed E-state index contributed by atoms with van der Waals surface area (Å²) in [6.45, 7) is 4.11. The molecule has 0 radical (unpaired) electrons. The molecule has 1 aliphatic heterocycles. The number of para-hydroxylation sites is 1. The van der Waals surface area contributed by atoms with E-state index in [2.05, 4.69) is 17.2 Å². The molecule has 0 bridgehead atoms. The highest BCUT2D eigenvalue weighted by Gasteiger charge is 2.28. The Morgan fingerprint density at radius 3 is 3.00 bits per heavy atom. The maximum atomic E-state index is 12.1. The van der Waals surface area contributed by atoms with Gasteiger partial charge in [0.1, 0.15) is 0 Å². The van der Waals surface area contributed by atoms with Gasteiger partial charge in [0.2, 0.25) is 11.8 Å². The van der Waals surface area contributed by atoms with Gasteiger partial charge in [-0.25, -0.2) is 0 Å². The monoisotopic (exact) mass is 276 g/mol. The number of carbonyl (C=O) groups excluding carboxylic acids is 2. The first kappa shape index (κ1) is 13.7. The Kier molecular flexibility index (Phi) is 4.63. The van der Waals surface area contributed by atoms with E-state index in [1.165, 1.54) is 0 Å². The number of nitrogens with one attached hydrogen (secondary N) is 2. The Morgan fingerprint density at radius 2 is 2.32 bits per heavy atom. The Hall–Kier alpha value is -1.75. The molecule has 2 N–H and O–H groups in total. The molecular weight excluding hydrogens is 260 g/mol. The van der Waals surface area contributed by atoms with Crippen LogP contribution < -0.4 is 10.6 Å². The van der Waals surface area contributed by atoms with Crippen LogP contribution in [0.2, 0.25) is 0 Å². The van der Waals surface area contributed by atoms with Crippen LogP contribution in [0.1, 0.15) is 6.42 Å². The number of benzene rings is 1. The molecule has 2 rings (SSSR count). The lowest BCUT2D eigenvalue weighted by Gasteiger charge is -2.12. The van der Waals surface area contributed by atoms with Crippen molar-refractivity contribution >= 4 is 29.3 Å². The first-order valence-electron chi connectivity index (χ1n) is 6.11. The van der Waals surface area contributed by atoms with Crippen LogP contribution in [0.4, 0.5) is 5.69 Å². The van der Waals surface area contributed by atoms with Gasteiger partial charge in [0.05, 0.1) is 11.6 Å². The van der Waals surface area contributed by atoms with Gasteiger partial charge in [-0.1, -0.05) is 18.2 Å². The summed E-state index contributed by atoms with van der Waals surface area (Å²) in [6, 6.07) is 7.64. The second-order valence-corrected chi connectivity index (χ2v) is 5.35. The van der Waals surface area contributed by atoms with E-state index < -0.39 is 0 Å². The van der Waals surface area contributed by atoms with Crippen LogP contribution in [0, 0.1) is 5.92 Å². The van der Waals surface area contributed by atoms with Gasteiger partial charge in [-0.05, 0) is 12.1 Å². The van der Waals surface area contributed by atoms with Gasteiger partial charge in [-0.2, -0.15) is 0 Å². The summed E-state index contributed by atoms with van der Waals surface area (Å²) in [7, 11) is 0. The highest BCUT2D eigenvalue weighted by molar-refractivity contribution is 7.99. The van der Waals surface area contributed by atoms with E-state index in [0.29, 0.717) is 6.54 Å². The van der Waals surface area contributed by atoms with Gasteiger partial charge in [0, 0.05) is 23.6 Å². The topological polar surface area (TPSA) is 58.2 Å². The van der Waals surface area contributed by atoms with Crippen LogP contribution in [0.3, 0.4) is 0 Å². The normalized spacial score (nSPS) is 17.9. The van der Waals surface area contributed by atoms with E-state index in [1.807, 2.05) is 30.3 Å². The predicted octanol–water partition coefficient (Wildman–Crippen LogP) is 2.04. The van der Waals surface area contributed by atoms with Crippen molar-refractivity contribution in [2.24, 2.45) is 5.92 Å². The average Bonchev–Trinajstić information content (AvgIpc) is 2.84. The van der Waals surface area contributed by atoms with Crippen molar-refractivity contribution < 1.29 is 9.59 Å². The van der Waals surface area contributed by atoms with Crippen molar-refractivity contribution in [3.8, 4) is 0 Å². The number of carbonyl (C=O) groups is 2. The Labute approximate surface area is 116 Å². The molecule has 0 aliphatic carbocycles. The fourth-order valence-corrected chi connectivity index (χ4v) is 2.62. The molecule has 1 aromatic rings. The minimum Gasteiger partial charge on any atom is -0.355 e. The van der Waals surface area contributed by atoms with E-state index in [1.54, 1.807) is 11.8 Å². The zero-order valence-electron chi connectivity index (χ0n) is 10.5.